The lowest BCUT2D eigenvalue weighted by Gasteiger charge is -2.40. The summed E-state index contributed by atoms with van der Waals surface area (Å²) in [6.45, 7) is 11.4. The monoisotopic (exact) mass is 410 g/mol. The average molecular weight is 411 g/mol. The minimum Gasteiger partial charge on any atom is -0.148 e. The predicted octanol–water partition coefficient (Wildman–Crippen LogP) is 8.23. The van der Waals surface area contributed by atoms with Crippen molar-refractivity contribution in [2.24, 2.45) is 11.3 Å². The molecule has 1 atom stereocenters. The minimum absolute atomic E-state index is 0.118. The summed E-state index contributed by atoms with van der Waals surface area (Å²) < 4.78 is 0. The molecule has 1 heterocycles. The van der Waals surface area contributed by atoms with Gasteiger partial charge < -0.3 is 0 Å². The average Bonchev–Trinajstić information content (AvgIpc) is 3.32. The van der Waals surface area contributed by atoms with Gasteiger partial charge in [0.15, 0.2) is 0 Å². The highest BCUT2D eigenvalue weighted by Crippen LogP contribution is 2.59. The van der Waals surface area contributed by atoms with E-state index in [1.54, 1.807) is 0 Å². The molecular formula is C29H30S. The molecule has 1 heteroatoms. The molecule has 0 N–H and O–H groups in total. The van der Waals surface area contributed by atoms with Crippen LogP contribution in [-0.2, 0) is 5.41 Å². The van der Waals surface area contributed by atoms with E-state index in [-0.39, 0.29) is 10.8 Å². The third-order valence-corrected chi connectivity index (χ3v) is 7.93. The first-order valence-electron chi connectivity index (χ1n) is 11.0. The van der Waals surface area contributed by atoms with Crippen LogP contribution >= 0.6 is 11.3 Å². The van der Waals surface area contributed by atoms with Gasteiger partial charge in [-0.1, -0.05) is 92.6 Å². The first-order chi connectivity index (χ1) is 14.3. The molecule has 0 radical (unpaired) electrons. The van der Waals surface area contributed by atoms with Crippen molar-refractivity contribution in [2.45, 2.75) is 46.5 Å². The lowest BCUT2D eigenvalue weighted by atomic mass is 9.64. The molecule has 2 aliphatic rings. The van der Waals surface area contributed by atoms with Gasteiger partial charge in [-0.15, -0.1) is 11.3 Å². The maximum atomic E-state index is 2.50. The molecule has 0 fully saturated rings. The van der Waals surface area contributed by atoms with E-state index in [0.29, 0.717) is 5.92 Å². The van der Waals surface area contributed by atoms with E-state index >= 15 is 0 Å². The zero-order valence-electron chi connectivity index (χ0n) is 18.6. The van der Waals surface area contributed by atoms with Gasteiger partial charge >= 0.3 is 0 Å². The molecular weight excluding hydrogens is 380 g/mol. The molecule has 0 saturated carbocycles. The maximum Gasteiger partial charge on any atom is 0.0622 e. The van der Waals surface area contributed by atoms with Crippen molar-refractivity contribution < 1.29 is 0 Å². The highest BCUT2D eigenvalue weighted by molar-refractivity contribution is 7.10. The molecule has 0 bridgehead atoms. The van der Waals surface area contributed by atoms with E-state index in [9.17, 15) is 0 Å². The Kier molecular flexibility index (Phi) is 4.45. The van der Waals surface area contributed by atoms with Crippen molar-refractivity contribution in [1.29, 1.82) is 0 Å². The quantitative estimate of drug-likeness (QED) is 0.399. The zero-order chi connectivity index (χ0) is 21.1. The molecule has 152 valence electrons. The summed E-state index contributed by atoms with van der Waals surface area (Å²) >= 11 is 1.90. The summed E-state index contributed by atoms with van der Waals surface area (Å²) in [5, 5.41) is 2.24. The number of rotatable bonds is 2. The molecule has 0 aliphatic heterocycles. The third-order valence-electron chi connectivity index (χ3n) is 6.92. The number of aryl methyl sites for hydroxylation is 2. The Bertz CT molecular complexity index is 1110. The van der Waals surface area contributed by atoms with Gasteiger partial charge in [-0.05, 0) is 70.9 Å². The summed E-state index contributed by atoms with van der Waals surface area (Å²) in [5.41, 5.74) is 9.97. The van der Waals surface area contributed by atoms with Crippen molar-refractivity contribution in [3.8, 4) is 11.1 Å². The van der Waals surface area contributed by atoms with Gasteiger partial charge in [0.05, 0.1) is 5.41 Å². The number of allylic oxidation sites excluding steroid dienone is 4. The Morgan fingerprint density at radius 3 is 2.00 bits per heavy atom. The summed E-state index contributed by atoms with van der Waals surface area (Å²) in [6, 6.07) is 18.7. The van der Waals surface area contributed by atoms with Crippen molar-refractivity contribution in [1.82, 2.24) is 0 Å². The molecule has 3 aromatic rings. The largest absolute Gasteiger partial charge is 0.148 e. The van der Waals surface area contributed by atoms with Gasteiger partial charge in [0.25, 0.3) is 0 Å². The second kappa shape index (κ2) is 6.82. The lowest BCUT2D eigenvalue weighted by molar-refractivity contribution is 0.447. The maximum absolute atomic E-state index is 2.50. The molecule has 2 aromatic carbocycles. The standard InChI is InChI=1S/C29H30S/c1-19-8-14-23-24-15-9-20(2)18-26(24)29(25(23)17-19,27-7-6-16-30-27)22-12-10-21(11-13-22)28(3,4)5/h6-12,14-18,22H,13H2,1-5H3. The van der Waals surface area contributed by atoms with Crippen LogP contribution in [0.4, 0.5) is 0 Å². The van der Waals surface area contributed by atoms with E-state index in [0.717, 1.165) is 6.42 Å². The van der Waals surface area contributed by atoms with E-state index in [4.69, 9.17) is 0 Å². The number of thiophene rings is 1. The molecule has 1 aromatic heterocycles. The molecule has 30 heavy (non-hydrogen) atoms. The third kappa shape index (κ3) is 2.79. The number of benzene rings is 2. The van der Waals surface area contributed by atoms with E-state index < -0.39 is 0 Å². The van der Waals surface area contributed by atoms with Crippen LogP contribution in [0.15, 0.2) is 77.7 Å². The van der Waals surface area contributed by atoms with Crippen molar-refractivity contribution in [2.75, 3.05) is 0 Å². The molecule has 0 nitrogen and oxygen atoms in total. The zero-order valence-corrected chi connectivity index (χ0v) is 19.4. The fourth-order valence-electron chi connectivity index (χ4n) is 5.43. The Morgan fingerprint density at radius 2 is 1.53 bits per heavy atom. The summed E-state index contributed by atoms with van der Waals surface area (Å²) in [5.74, 6) is 0.408. The van der Waals surface area contributed by atoms with Crippen LogP contribution in [-0.4, -0.2) is 0 Å². The molecule has 0 spiro atoms. The molecule has 0 amide bonds. The van der Waals surface area contributed by atoms with Crippen LogP contribution in [0.2, 0.25) is 0 Å². The summed E-state index contributed by atoms with van der Waals surface area (Å²) in [7, 11) is 0. The van der Waals surface area contributed by atoms with Crippen LogP contribution in [0.5, 0.6) is 0 Å². The first-order valence-corrected chi connectivity index (χ1v) is 11.9. The number of fused-ring (bicyclic) bond motifs is 3. The molecule has 2 aliphatic carbocycles. The van der Waals surface area contributed by atoms with Crippen LogP contribution in [0.1, 0.15) is 54.3 Å². The first kappa shape index (κ1) is 19.6. The normalized spacial score (nSPS) is 19.4. The Hall–Kier alpha value is -2.38. The molecule has 5 rings (SSSR count). The van der Waals surface area contributed by atoms with Gasteiger partial charge in [0.1, 0.15) is 0 Å². The Balaban J connectivity index is 1.80. The highest BCUT2D eigenvalue weighted by Gasteiger charge is 2.50. The van der Waals surface area contributed by atoms with Crippen LogP contribution in [0, 0.1) is 25.2 Å². The van der Waals surface area contributed by atoms with Crippen LogP contribution < -0.4 is 0 Å². The van der Waals surface area contributed by atoms with E-state index in [2.05, 4.69) is 107 Å². The van der Waals surface area contributed by atoms with Crippen molar-refractivity contribution >= 4 is 11.3 Å². The predicted molar refractivity (Wildman–Crippen MR) is 130 cm³/mol. The van der Waals surface area contributed by atoms with Crippen molar-refractivity contribution in [3.63, 3.8) is 0 Å². The number of hydrogen-bond donors (Lipinski definition) is 0. The summed E-state index contributed by atoms with van der Waals surface area (Å²) in [6.07, 6.45) is 8.46. The smallest absolute Gasteiger partial charge is 0.0622 e. The van der Waals surface area contributed by atoms with Gasteiger partial charge in [0.2, 0.25) is 0 Å². The van der Waals surface area contributed by atoms with Gasteiger partial charge in [0, 0.05) is 4.88 Å². The van der Waals surface area contributed by atoms with Crippen LogP contribution in [0.25, 0.3) is 11.1 Å². The second-order valence-electron chi connectivity index (χ2n) is 9.99. The van der Waals surface area contributed by atoms with Crippen LogP contribution in [0.3, 0.4) is 0 Å². The van der Waals surface area contributed by atoms with Gasteiger partial charge in [-0.2, -0.15) is 0 Å². The highest BCUT2D eigenvalue weighted by atomic mass is 32.1. The Morgan fingerprint density at radius 1 is 0.900 bits per heavy atom. The minimum atomic E-state index is -0.118. The fourth-order valence-corrected chi connectivity index (χ4v) is 6.45. The van der Waals surface area contributed by atoms with Gasteiger partial charge in [-0.3, -0.25) is 0 Å². The van der Waals surface area contributed by atoms with E-state index in [1.807, 2.05) is 11.3 Å². The molecule has 1 unspecified atom stereocenters. The fraction of sp³-hybridized carbons (Fsp3) is 0.310. The van der Waals surface area contributed by atoms with Gasteiger partial charge in [-0.25, -0.2) is 0 Å². The van der Waals surface area contributed by atoms with E-state index in [1.165, 1.54) is 43.8 Å². The topological polar surface area (TPSA) is 0 Å². The number of hydrogen-bond acceptors (Lipinski definition) is 1. The molecule has 0 saturated heterocycles. The Labute approximate surface area is 185 Å². The van der Waals surface area contributed by atoms with Crippen molar-refractivity contribution in [3.05, 3.63) is 105 Å². The summed E-state index contributed by atoms with van der Waals surface area (Å²) in [4.78, 5) is 1.46. The lowest BCUT2D eigenvalue weighted by Crippen LogP contribution is -2.35. The second-order valence-corrected chi connectivity index (χ2v) is 10.9. The SMILES string of the molecule is Cc1ccc2c(c1)C(c1cccs1)(C1C=CC(C(C)(C)C)=CC1)c1cc(C)ccc1-2.